The third-order valence-electron chi connectivity index (χ3n) is 3.91. The molecule has 1 saturated heterocycles. The van der Waals surface area contributed by atoms with Gasteiger partial charge in [-0.2, -0.15) is 0 Å². The normalized spacial score (nSPS) is 17.2. The van der Waals surface area contributed by atoms with Gasteiger partial charge in [-0.25, -0.2) is 0 Å². The lowest BCUT2D eigenvalue weighted by Gasteiger charge is -2.26. The van der Waals surface area contributed by atoms with Crippen molar-refractivity contribution in [3.63, 3.8) is 0 Å². The zero-order valence-corrected chi connectivity index (χ0v) is 13.2. The van der Waals surface area contributed by atoms with Crippen molar-refractivity contribution in [2.75, 3.05) is 52.7 Å². The lowest BCUT2D eigenvalue weighted by Crippen LogP contribution is -2.42. The number of carbonyl (C=O) groups excluding carboxylic acids is 1. The molecule has 0 radical (unpaired) electrons. The van der Waals surface area contributed by atoms with Crippen LogP contribution in [-0.4, -0.2) is 63.5 Å². The summed E-state index contributed by atoms with van der Waals surface area (Å²) in [5.41, 5.74) is 1.07. The SMILES string of the molecule is O=C(CNCc1ccc2c(c1)OCO2)NCCN1CCOCC1. The van der Waals surface area contributed by atoms with Crippen LogP contribution in [0.4, 0.5) is 0 Å². The number of nitrogens with one attached hydrogen (secondary N) is 2. The van der Waals surface area contributed by atoms with Crippen molar-refractivity contribution in [2.45, 2.75) is 6.54 Å². The fourth-order valence-electron chi connectivity index (χ4n) is 2.61. The van der Waals surface area contributed by atoms with Gasteiger partial charge in [-0.05, 0) is 17.7 Å². The van der Waals surface area contributed by atoms with Crippen LogP contribution in [-0.2, 0) is 16.1 Å². The number of hydrogen-bond donors (Lipinski definition) is 2. The van der Waals surface area contributed by atoms with Crippen LogP contribution in [0.2, 0.25) is 0 Å². The highest BCUT2D eigenvalue weighted by Crippen LogP contribution is 2.32. The van der Waals surface area contributed by atoms with E-state index in [4.69, 9.17) is 14.2 Å². The Balaban J connectivity index is 1.30. The summed E-state index contributed by atoms with van der Waals surface area (Å²) in [6.45, 7) is 6.19. The molecule has 0 saturated carbocycles. The minimum Gasteiger partial charge on any atom is -0.454 e. The Bertz CT molecular complexity index is 532. The van der Waals surface area contributed by atoms with E-state index in [1.807, 2.05) is 18.2 Å². The Morgan fingerprint density at radius 2 is 2.00 bits per heavy atom. The Kier molecular flexibility index (Phi) is 5.68. The van der Waals surface area contributed by atoms with Crippen molar-refractivity contribution < 1.29 is 19.0 Å². The monoisotopic (exact) mass is 321 g/mol. The molecule has 7 nitrogen and oxygen atoms in total. The summed E-state index contributed by atoms with van der Waals surface area (Å²) >= 11 is 0. The fourth-order valence-corrected chi connectivity index (χ4v) is 2.61. The second-order valence-electron chi connectivity index (χ2n) is 5.60. The van der Waals surface area contributed by atoms with Crippen molar-refractivity contribution >= 4 is 5.91 Å². The molecule has 2 N–H and O–H groups in total. The highest BCUT2D eigenvalue weighted by Gasteiger charge is 2.13. The average molecular weight is 321 g/mol. The molecule has 0 atom stereocenters. The molecule has 0 aliphatic carbocycles. The van der Waals surface area contributed by atoms with Crippen molar-refractivity contribution in [3.05, 3.63) is 23.8 Å². The maximum absolute atomic E-state index is 11.8. The van der Waals surface area contributed by atoms with Gasteiger partial charge in [0.2, 0.25) is 12.7 Å². The van der Waals surface area contributed by atoms with Gasteiger partial charge in [0.25, 0.3) is 0 Å². The van der Waals surface area contributed by atoms with E-state index in [-0.39, 0.29) is 12.7 Å². The first kappa shape index (κ1) is 16.0. The van der Waals surface area contributed by atoms with E-state index >= 15 is 0 Å². The van der Waals surface area contributed by atoms with Gasteiger partial charge in [0.05, 0.1) is 19.8 Å². The molecular weight excluding hydrogens is 298 g/mol. The molecule has 7 heteroatoms. The standard InChI is InChI=1S/C16H23N3O4/c20-16(18-3-4-19-5-7-21-8-6-19)11-17-10-13-1-2-14-15(9-13)23-12-22-14/h1-2,9,17H,3-8,10-12H2,(H,18,20). The van der Waals surface area contributed by atoms with Gasteiger partial charge in [-0.15, -0.1) is 0 Å². The second-order valence-corrected chi connectivity index (χ2v) is 5.60. The second kappa shape index (κ2) is 8.14. The number of nitrogens with zero attached hydrogens (tertiary/aromatic N) is 1. The first-order valence-electron chi connectivity index (χ1n) is 7.97. The quantitative estimate of drug-likeness (QED) is 0.734. The van der Waals surface area contributed by atoms with Crippen LogP contribution in [0.3, 0.4) is 0 Å². The highest BCUT2D eigenvalue weighted by molar-refractivity contribution is 5.77. The first-order chi connectivity index (χ1) is 11.3. The van der Waals surface area contributed by atoms with E-state index in [9.17, 15) is 4.79 Å². The molecule has 2 aliphatic rings. The number of benzene rings is 1. The minimum atomic E-state index is 0.0130. The summed E-state index contributed by atoms with van der Waals surface area (Å²) in [7, 11) is 0. The van der Waals surface area contributed by atoms with E-state index in [1.165, 1.54) is 0 Å². The molecular formula is C16H23N3O4. The molecule has 0 unspecified atom stereocenters. The fraction of sp³-hybridized carbons (Fsp3) is 0.562. The summed E-state index contributed by atoms with van der Waals surface area (Å²) in [5.74, 6) is 1.55. The number of hydrogen-bond acceptors (Lipinski definition) is 6. The molecule has 2 heterocycles. The number of rotatable bonds is 7. The number of amides is 1. The molecule has 1 fully saturated rings. The number of carbonyl (C=O) groups is 1. The van der Waals surface area contributed by atoms with E-state index in [0.29, 0.717) is 19.6 Å². The zero-order valence-electron chi connectivity index (χ0n) is 13.2. The molecule has 1 amide bonds. The predicted molar refractivity (Wildman–Crippen MR) is 84.5 cm³/mol. The maximum Gasteiger partial charge on any atom is 0.234 e. The topological polar surface area (TPSA) is 72.1 Å². The molecule has 23 heavy (non-hydrogen) atoms. The molecule has 0 bridgehead atoms. The van der Waals surface area contributed by atoms with Crippen molar-refractivity contribution in [1.29, 1.82) is 0 Å². The average Bonchev–Trinajstić information content (AvgIpc) is 3.03. The van der Waals surface area contributed by atoms with Gasteiger partial charge in [0, 0.05) is 32.7 Å². The van der Waals surface area contributed by atoms with Crippen LogP contribution in [0.1, 0.15) is 5.56 Å². The van der Waals surface area contributed by atoms with Crippen molar-refractivity contribution in [2.24, 2.45) is 0 Å². The third kappa shape index (κ3) is 4.82. The highest BCUT2D eigenvalue weighted by atomic mass is 16.7. The molecule has 2 aliphatic heterocycles. The molecule has 1 aromatic rings. The van der Waals surface area contributed by atoms with Crippen LogP contribution >= 0.6 is 0 Å². The van der Waals surface area contributed by atoms with E-state index in [1.54, 1.807) is 0 Å². The van der Waals surface area contributed by atoms with Gasteiger partial charge in [-0.3, -0.25) is 9.69 Å². The Labute approximate surface area is 135 Å². The predicted octanol–water partition coefficient (Wildman–Crippen LogP) is -0.0467. The number of fused-ring (bicyclic) bond motifs is 1. The van der Waals surface area contributed by atoms with Gasteiger partial charge < -0.3 is 24.8 Å². The van der Waals surface area contributed by atoms with Gasteiger partial charge in [-0.1, -0.05) is 6.07 Å². The lowest BCUT2D eigenvalue weighted by atomic mass is 10.2. The summed E-state index contributed by atoms with van der Waals surface area (Å²) in [6.07, 6.45) is 0. The van der Waals surface area contributed by atoms with Crippen molar-refractivity contribution in [3.8, 4) is 11.5 Å². The van der Waals surface area contributed by atoms with Crippen LogP contribution in [0.25, 0.3) is 0 Å². The Morgan fingerprint density at radius 1 is 1.17 bits per heavy atom. The lowest BCUT2D eigenvalue weighted by molar-refractivity contribution is -0.120. The summed E-state index contributed by atoms with van der Waals surface area (Å²) in [4.78, 5) is 14.1. The smallest absolute Gasteiger partial charge is 0.234 e. The summed E-state index contributed by atoms with van der Waals surface area (Å²) in [5, 5.41) is 6.07. The molecule has 1 aromatic carbocycles. The zero-order chi connectivity index (χ0) is 15.9. The maximum atomic E-state index is 11.8. The summed E-state index contributed by atoms with van der Waals surface area (Å²) in [6, 6.07) is 5.80. The first-order valence-corrected chi connectivity index (χ1v) is 7.97. The largest absolute Gasteiger partial charge is 0.454 e. The van der Waals surface area contributed by atoms with E-state index < -0.39 is 0 Å². The van der Waals surface area contributed by atoms with E-state index in [0.717, 1.165) is 49.9 Å². The van der Waals surface area contributed by atoms with Crippen molar-refractivity contribution in [1.82, 2.24) is 15.5 Å². The molecule has 126 valence electrons. The summed E-state index contributed by atoms with van der Waals surface area (Å²) < 4.78 is 15.9. The van der Waals surface area contributed by atoms with Crippen LogP contribution in [0, 0.1) is 0 Å². The minimum absolute atomic E-state index is 0.0130. The van der Waals surface area contributed by atoms with E-state index in [2.05, 4.69) is 15.5 Å². The van der Waals surface area contributed by atoms with Gasteiger partial charge in [0.15, 0.2) is 11.5 Å². The molecule has 3 rings (SSSR count). The number of morpholine rings is 1. The molecule has 0 aromatic heterocycles. The van der Waals surface area contributed by atoms with Crippen LogP contribution in [0.5, 0.6) is 11.5 Å². The number of ether oxygens (including phenoxy) is 3. The van der Waals surface area contributed by atoms with Gasteiger partial charge >= 0.3 is 0 Å². The Hall–Kier alpha value is -1.83. The third-order valence-corrected chi connectivity index (χ3v) is 3.91. The van der Waals surface area contributed by atoms with Crippen LogP contribution < -0.4 is 20.1 Å². The Morgan fingerprint density at radius 3 is 2.87 bits per heavy atom. The van der Waals surface area contributed by atoms with Gasteiger partial charge in [0.1, 0.15) is 0 Å². The molecule has 0 spiro atoms. The van der Waals surface area contributed by atoms with Crippen LogP contribution in [0.15, 0.2) is 18.2 Å².